The highest BCUT2D eigenvalue weighted by Gasteiger charge is 2.35. The molecule has 0 aromatic rings. The molecule has 0 fully saturated rings. The van der Waals surface area contributed by atoms with Crippen LogP contribution in [0.15, 0.2) is 0 Å². The van der Waals surface area contributed by atoms with Crippen LogP contribution in [0, 0.1) is 5.92 Å². The van der Waals surface area contributed by atoms with Crippen LogP contribution >= 0.6 is 7.60 Å². The summed E-state index contributed by atoms with van der Waals surface area (Å²) in [5.41, 5.74) is 0. The van der Waals surface area contributed by atoms with E-state index in [9.17, 15) is 18.5 Å². The molecule has 0 unspecified atom stereocenters. The first-order valence-electron chi connectivity index (χ1n) is 5.33. The second-order valence-corrected chi connectivity index (χ2v) is 5.92. The largest absolute Gasteiger partial charge is 0.469 e. The Bertz CT molecular complexity index is 352. The summed E-state index contributed by atoms with van der Waals surface area (Å²) in [6.07, 6.45) is -2.92. The third-order valence-corrected chi connectivity index (χ3v) is 4.48. The zero-order valence-electron chi connectivity index (χ0n) is 11.3. The predicted octanol–water partition coefficient (Wildman–Crippen LogP) is 1.16. The van der Waals surface area contributed by atoms with Gasteiger partial charge in [-0.25, -0.2) is 9.18 Å². The Morgan fingerprint density at radius 3 is 1.89 bits per heavy atom. The average Bonchev–Trinajstić information content (AvgIpc) is 2.44. The van der Waals surface area contributed by atoms with E-state index < -0.39 is 38.0 Å². The number of hydrogen-bond donors (Lipinski definition) is 0. The van der Waals surface area contributed by atoms with Gasteiger partial charge in [-0.3, -0.25) is 9.36 Å². The molecule has 0 saturated carbocycles. The maximum Gasteiger partial charge on any atom is 0.340 e. The number of alkyl halides is 1. The van der Waals surface area contributed by atoms with Crippen molar-refractivity contribution in [2.45, 2.75) is 12.6 Å². The van der Waals surface area contributed by atoms with Gasteiger partial charge in [0.15, 0.2) is 6.17 Å². The van der Waals surface area contributed by atoms with E-state index in [1.54, 1.807) is 0 Å². The van der Waals surface area contributed by atoms with Crippen molar-refractivity contribution < 1.29 is 37.1 Å². The standard InChI is InChI=1S/C10H18FO7P/c1-15-9(12)7(5-8(11)10(13)16-2)6-19(14,17-3)18-4/h7-8H,5-6H2,1-4H3/t7-,8+/m0/s1/i11-1. The summed E-state index contributed by atoms with van der Waals surface area (Å²) in [5, 5.41) is 0. The van der Waals surface area contributed by atoms with E-state index in [1.165, 1.54) is 0 Å². The summed E-state index contributed by atoms with van der Waals surface area (Å²) >= 11 is 0. The summed E-state index contributed by atoms with van der Waals surface area (Å²) < 4.78 is 43.4. The topological polar surface area (TPSA) is 88.1 Å². The maximum atomic E-state index is 13.5. The number of methoxy groups -OCH3 is 2. The molecule has 0 aliphatic carbocycles. The summed E-state index contributed by atoms with van der Waals surface area (Å²) in [6.45, 7) is 0. The van der Waals surface area contributed by atoms with E-state index >= 15 is 0 Å². The first-order valence-corrected chi connectivity index (χ1v) is 7.06. The van der Waals surface area contributed by atoms with Crippen LogP contribution in [-0.4, -0.2) is 52.7 Å². The molecule has 0 bridgehead atoms. The van der Waals surface area contributed by atoms with Crippen LogP contribution in [0.3, 0.4) is 0 Å². The Kier molecular flexibility index (Phi) is 7.82. The number of ether oxygens (including phenoxy) is 2. The highest BCUT2D eigenvalue weighted by atomic mass is 31.2. The molecule has 112 valence electrons. The number of rotatable bonds is 8. The van der Waals surface area contributed by atoms with Crippen LogP contribution in [0.4, 0.5) is 4.39 Å². The van der Waals surface area contributed by atoms with Crippen LogP contribution in [-0.2, 0) is 32.7 Å². The van der Waals surface area contributed by atoms with Gasteiger partial charge in [-0.15, -0.1) is 0 Å². The second-order valence-electron chi connectivity index (χ2n) is 3.61. The van der Waals surface area contributed by atoms with Gasteiger partial charge >= 0.3 is 19.5 Å². The molecule has 2 atom stereocenters. The maximum absolute atomic E-state index is 13.5. The Labute approximate surface area is 110 Å². The predicted molar refractivity (Wildman–Crippen MR) is 63.5 cm³/mol. The van der Waals surface area contributed by atoms with Gasteiger partial charge in [0.1, 0.15) is 0 Å². The average molecular weight is 299 g/mol. The first kappa shape index (κ1) is 18.0. The second kappa shape index (κ2) is 8.24. The van der Waals surface area contributed by atoms with Crippen molar-refractivity contribution in [1.82, 2.24) is 0 Å². The van der Waals surface area contributed by atoms with E-state index in [4.69, 9.17) is 0 Å². The molecule has 19 heavy (non-hydrogen) atoms. The molecule has 0 N–H and O–H groups in total. The fraction of sp³-hybridized carbons (Fsp3) is 0.800. The third kappa shape index (κ3) is 5.67. The molecule has 0 aliphatic heterocycles. The molecule has 0 spiro atoms. The van der Waals surface area contributed by atoms with Gasteiger partial charge in [-0.05, 0) is 0 Å². The van der Waals surface area contributed by atoms with Crippen molar-refractivity contribution >= 4 is 19.5 Å². The van der Waals surface area contributed by atoms with Crippen molar-refractivity contribution in [3.63, 3.8) is 0 Å². The van der Waals surface area contributed by atoms with Crippen LogP contribution in [0.1, 0.15) is 6.42 Å². The molecule has 0 aromatic heterocycles. The summed E-state index contributed by atoms with van der Waals surface area (Å²) in [5.74, 6) is -3.05. The Morgan fingerprint density at radius 1 is 1.05 bits per heavy atom. The Balaban J connectivity index is 4.88. The molecule has 0 saturated heterocycles. The number of hydrogen-bond acceptors (Lipinski definition) is 7. The normalized spacial score (nSPS) is 14.6. The van der Waals surface area contributed by atoms with Crippen molar-refractivity contribution in [2.75, 3.05) is 34.6 Å². The SMILES string of the molecule is COC(=O)[C@@H](C[C@@H]([18F])C(=O)OC)CP(=O)(OC)OC. The molecule has 0 radical (unpaired) electrons. The Morgan fingerprint density at radius 2 is 1.53 bits per heavy atom. The van der Waals surface area contributed by atoms with Gasteiger partial charge < -0.3 is 18.5 Å². The lowest BCUT2D eigenvalue weighted by Gasteiger charge is -2.20. The van der Waals surface area contributed by atoms with Crippen molar-refractivity contribution in [2.24, 2.45) is 5.92 Å². The summed E-state index contributed by atoms with van der Waals surface area (Å²) in [6, 6.07) is 0. The molecule has 9 heteroatoms. The fourth-order valence-corrected chi connectivity index (χ4v) is 2.66. The quantitative estimate of drug-likeness (QED) is 0.491. The van der Waals surface area contributed by atoms with Gasteiger partial charge in [0.2, 0.25) is 0 Å². The van der Waals surface area contributed by atoms with Crippen LogP contribution in [0.25, 0.3) is 0 Å². The Hall–Kier alpha value is -0.980. The first-order chi connectivity index (χ1) is 8.83. The zero-order valence-corrected chi connectivity index (χ0v) is 12.1. The van der Waals surface area contributed by atoms with E-state index in [0.29, 0.717) is 0 Å². The van der Waals surface area contributed by atoms with Gasteiger partial charge in [0.05, 0.1) is 26.3 Å². The number of carbonyl (C=O) groups excluding carboxylic acids is 2. The molecule has 0 aliphatic rings. The van der Waals surface area contributed by atoms with Crippen LogP contribution in [0.5, 0.6) is 0 Å². The highest BCUT2D eigenvalue weighted by Crippen LogP contribution is 2.48. The molecule has 0 rings (SSSR count). The van der Waals surface area contributed by atoms with Crippen molar-refractivity contribution in [3.05, 3.63) is 0 Å². The lowest BCUT2D eigenvalue weighted by Crippen LogP contribution is -2.28. The molecular weight excluding hydrogens is 281 g/mol. The highest BCUT2D eigenvalue weighted by molar-refractivity contribution is 7.53. The summed E-state index contributed by atoms with van der Waals surface area (Å²) in [4.78, 5) is 22.5. The van der Waals surface area contributed by atoms with E-state index in [0.717, 1.165) is 28.4 Å². The van der Waals surface area contributed by atoms with Gasteiger partial charge in [0.25, 0.3) is 0 Å². The van der Waals surface area contributed by atoms with Gasteiger partial charge in [-0.2, -0.15) is 0 Å². The minimum absolute atomic E-state index is 0.385. The lowest BCUT2D eigenvalue weighted by atomic mass is 10.0. The molecule has 0 heterocycles. The van der Waals surface area contributed by atoms with E-state index in [2.05, 4.69) is 18.5 Å². The minimum atomic E-state index is -3.52. The number of carbonyl (C=O) groups is 2. The molecule has 7 nitrogen and oxygen atoms in total. The van der Waals surface area contributed by atoms with Crippen LogP contribution in [0.2, 0.25) is 0 Å². The van der Waals surface area contributed by atoms with Crippen molar-refractivity contribution in [3.8, 4) is 0 Å². The third-order valence-electron chi connectivity index (χ3n) is 2.48. The monoisotopic (exact) mass is 299 g/mol. The molecular formula is C10H18FO7P. The van der Waals surface area contributed by atoms with E-state index in [1.807, 2.05) is 0 Å². The summed E-state index contributed by atoms with van der Waals surface area (Å²) in [7, 11) is 0.898. The van der Waals surface area contributed by atoms with Gasteiger partial charge in [0, 0.05) is 20.6 Å². The fourth-order valence-electron chi connectivity index (χ4n) is 1.38. The molecule has 0 aromatic carbocycles. The molecule has 0 amide bonds. The zero-order chi connectivity index (χ0) is 15.1. The minimum Gasteiger partial charge on any atom is -0.469 e. The van der Waals surface area contributed by atoms with E-state index in [-0.39, 0.29) is 6.16 Å². The smallest absolute Gasteiger partial charge is 0.340 e. The number of halogens is 1. The van der Waals surface area contributed by atoms with Crippen molar-refractivity contribution in [1.29, 1.82) is 0 Å². The van der Waals surface area contributed by atoms with Crippen LogP contribution < -0.4 is 0 Å². The number of esters is 2. The lowest BCUT2D eigenvalue weighted by molar-refractivity contribution is -0.150. The van der Waals surface area contributed by atoms with Gasteiger partial charge in [-0.1, -0.05) is 0 Å².